The number of aliphatic hydroxyl groups is 1. The van der Waals surface area contributed by atoms with Gasteiger partial charge in [-0.05, 0) is 35.6 Å². The molecule has 1 heterocycles. The van der Waals surface area contributed by atoms with Crippen LogP contribution in [-0.2, 0) is 6.54 Å². The van der Waals surface area contributed by atoms with Crippen molar-refractivity contribution in [3.63, 3.8) is 0 Å². The molecule has 0 bridgehead atoms. The highest BCUT2D eigenvalue weighted by Gasteiger charge is 2.33. The van der Waals surface area contributed by atoms with E-state index in [2.05, 4.69) is 17.0 Å². The lowest BCUT2D eigenvalue weighted by Gasteiger charge is -2.18. The van der Waals surface area contributed by atoms with Gasteiger partial charge in [-0.2, -0.15) is 0 Å². The van der Waals surface area contributed by atoms with Crippen molar-refractivity contribution in [2.24, 2.45) is 5.92 Å². The molecule has 2 aromatic carbocycles. The van der Waals surface area contributed by atoms with Gasteiger partial charge in [0.05, 0.1) is 5.02 Å². The zero-order chi connectivity index (χ0) is 16.2. The molecule has 1 N–H and O–H groups in total. The minimum atomic E-state index is -0.381. The number of likely N-dealkylation sites (tertiary alicyclic amines) is 1. The Labute approximate surface area is 141 Å². The molecule has 0 spiro atoms. The third-order valence-corrected chi connectivity index (χ3v) is 4.93. The third kappa shape index (κ3) is 3.92. The zero-order valence-electron chi connectivity index (χ0n) is 13.0. The summed E-state index contributed by atoms with van der Waals surface area (Å²) < 4.78 is 13.4. The van der Waals surface area contributed by atoms with E-state index in [-0.39, 0.29) is 23.4 Å². The first-order chi connectivity index (χ1) is 11.2. The molecule has 3 rings (SSSR count). The van der Waals surface area contributed by atoms with Crippen molar-refractivity contribution in [1.29, 1.82) is 0 Å². The molecule has 2 nitrogen and oxygen atoms in total. The van der Waals surface area contributed by atoms with Crippen LogP contribution in [-0.4, -0.2) is 29.7 Å². The Hall–Kier alpha value is -1.42. The first kappa shape index (κ1) is 16.4. The molecule has 0 amide bonds. The fraction of sp³-hybridized carbons (Fsp3) is 0.368. The third-order valence-electron chi connectivity index (χ3n) is 4.64. The normalized spacial score (nSPS) is 21.7. The average Bonchev–Trinajstić information content (AvgIpc) is 2.94. The maximum Gasteiger partial charge on any atom is 0.141 e. The van der Waals surface area contributed by atoms with Crippen LogP contribution >= 0.6 is 11.6 Å². The van der Waals surface area contributed by atoms with Crippen molar-refractivity contribution in [2.75, 3.05) is 19.7 Å². The molecular weight excluding hydrogens is 313 g/mol. The van der Waals surface area contributed by atoms with E-state index < -0.39 is 0 Å². The monoisotopic (exact) mass is 333 g/mol. The van der Waals surface area contributed by atoms with E-state index in [0.29, 0.717) is 5.92 Å². The van der Waals surface area contributed by atoms with E-state index in [9.17, 15) is 9.50 Å². The topological polar surface area (TPSA) is 23.5 Å². The van der Waals surface area contributed by atoms with Gasteiger partial charge in [-0.25, -0.2) is 4.39 Å². The fourth-order valence-corrected chi connectivity index (χ4v) is 3.70. The van der Waals surface area contributed by atoms with Crippen molar-refractivity contribution in [3.05, 3.63) is 70.5 Å². The predicted octanol–water partition coefficient (Wildman–Crippen LogP) is 4.08. The van der Waals surface area contributed by atoms with Crippen LogP contribution in [0, 0.1) is 11.7 Å². The van der Waals surface area contributed by atoms with Gasteiger partial charge in [0.25, 0.3) is 0 Å². The summed E-state index contributed by atoms with van der Waals surface area (Å²) in [5.41, 5.74) is 2.35. The SMILES string of the molecule is OCCC1CN(Cc2ccccc2)C[C@H]1c1ccc(F)c(Cl)c1. The van der Waals surface area contributed by atoms with Crippen molar-refractivity contribution in [3.8, 4) is 0 Å². The highest BCUT2D eigenvalue weighted by molar-refractivity contribution is 6.30. The maximum atomic E-state index is 13.4. The minimum Gasteiger partial charge on any atom is -0.396 e. The molecular formula is C19H21ClFNO. The van der Waals surface area contributed by atoms with Crippen LogP contribution in [0.1, 0.15) is 23.5 Å². The van der Waals surface area contributed by atoms with Gasteiger partial charge in [0.1, 0.15) is 5.82 Å². The number of hydrogen-bond donors (Lipinski definition) is 1. The van der Waals surface area contributed by atoms with E-state index in [1.54, 1.807) is 6.07 Å². The fourth-order valence-electron chi connectivity index (χ4n) is 3.51. The summed E-state index contributed by atoms with van der Waals surface area (Å²) in [6.45, 7) is 2.92. The average molecular weight is 334 g/mol. The Bertz CT molecular complexity index is 649. The van der Waals surface area contributed by atoms with Gasteiger partial charge in [-0.15, -0.1) is 0 Å². The van der Waals surface area contributed by atoms with E-state index in [1.165, 1.54) is 11.6 Å². The van der Waals surface area contributed by atoms with E-state index in [1.807, 2.05) is 24.3 Å². The smallest absolute Gasteiger partial charge is 0.141 e. The van der Waals surface area contributed by atoms with Crippen LogP contribution in [0.15, 0.2) is 48.5 Å². The molecule has 1 fully saturated rings. The van der Waals surface area contributed by atoms with Gasteiger partial charge >= 0.3 is 0 Å². The summed E-state index contributed by atoms with van der Waals surface area (Å²) in [5, 5.41) is 9.53. The highest BCUT2D eigenvalue weighted by Crippen LogP contribution is 2.36. The van der Waals surface area contributed by atoms with Crippen LogP contribution < -0.4 is 0 Å². The quantitative estimate of drug-likeness (QED) is 0.891. The van der Waals surface area contributed by atoms with Crippen molar-refractivity contribution < 1.29 is 9.50 Å². The van der Waals surface area contributed by atoms with E-state index in [0.717, 1.165) is 31.6 Å². The summed E-state index contributed by atoms with van der Waals surface area (Å²) in [4.78, 5) is 2.40. The lowest BCUT2D eigenvalue weighted by atomic mass is 9.87. The van der Waals surface area contributed by atoms with Crippen LogP contribution in [0.2, 0.25) is 5.02 Å². The van der Waals surface area contributed by atoms with Crippen molar-refractivity contribution in [1.82, 2.24) is 4.90 Å². The zero-order valence-corrected chi connectivity index (χ0v) is 13.7. The molecule has 2 aromatic rings. The molecule has 1 unspecified atom stereocenters. The molecule has 0 aromatic heterocycles. The molecule has 0 saturated carbocycles. The molecule has 4 heteroatoms. The van der Waals surface area contributed by atoms with Crippen LogP contribution in [0.25, 0.3) is 0 Å². The predicted molar refractivity (Wildman–Crippen MR) is 91.1 cm³/mol. The van der Waals surface area contributed by atoms with Gasteiger partial charge < -0.3 is 5.11 Å². The maximum absolute atomic E-state index is 13.4. The first-order valence-electron chi connectivity index (χ1n) is 7.99. The summed E-state index contributed by atoms with van der Waals surface area (Å²) in [5.74, 6) is 0.266. The van der Waals surface area contributed by atoms with E-state index >= 15 is 0 Å². The minimum absolute atomic E-state index is 0.173. The van der Waals surface area contributed by atoms with Gasteiger partial charge in [0.15, 0.2) is 0 Å². The molecule has 2 atom stereocenters. The lowest BCUT2D eigenvalue weighted by molar-refractivity contribution is 0.246. The Morgan fingerprint density at radius 3 is 2.61 bits per heavy atom. The summed E-state index contributed by atoms with van der Waals surface area (Å²) in [6, 6.07) is 15.4. The van der Waals surface area contributed by atoms with Crippen LogP contribution in [0.5, 0.6) is 0 Å². The Morgan fingerprint density at radius 1 is 1.13 bits per heavy atom. The number of halogens is 2. The number of benzene rings is 2. The van der Waals surface area contributed by atoms with Crippen molar-refractivity contribution in [2.45, 2.75) is 18.9 Å². The van der Waals surface area contributed by atoms with E-state index in [4.69, 9.17) is 11.6 Å². The van der Waals surface area contributed by atoms with Crippen molar-refractivity contribution >= 4 is 11.6 Å². The number of rotatable bonds is 5. The molecule has 1 aliphatic rings. The van der Waals surface area contributed by atoms with Gasteiger partial charge in [0, 0.05) is 32.2 Å². The highest BCUT2D eigenvalue weighted by atomic mass is 35.5. The van der Waals surface area contributed by atoms with Gasteiger partial charge in [-0.3, -0.25) is 4.90 Å². The molecule has 0 aliphatic carbocycles. The molecule has 122 valence electrons. The summed E-state index contributed by atoms with van der Waals surface area (Å²) >= 11 is 5.95. The number of hydrogen-bond acceptors (Lipinski definition) is 2. The number of nitrogens with zero attached hydrogens (tertiary/aromatic N) is 1. The summed E-state index contributed by atoms with van der Waals surface area (Å²) in [7, 11) is 0. The lowest BCUT2D eigenvalue weighted by Crippen LogP contribution is -2.20. The first-order valence-corrected chi connectivity index (χ1v) is 8.37. The van der Waals surface area contributed by atoms with Gasteiger partial charge in [0.2, 0.25) is 0 Å². The molecule has 0 radical (unpaired) electrons. The largest absolute Gasteiger partial charge is 0.396 e. The Balaban J connectivity index is 1.76. The second-order valence-corrected chi connectivity index (χ2v) is 6.64. The standard InChI is InChI=1S/C19H21ClFNO/c20-18-10-15(6-7-19(18)21)17-13-22(12-16(17)8-9-23)11-14-4-2-1-3-5-14/h1-7,10,16-17,23H,8-9,11-13H2/t16?,17-/m0/s1. The van der Waals surface area contributed by atoms with Gasteiger partial charge in [-0.1, -0.05) is 48.0 Å². The molecule has 23 heavy (non-hydrogen) atoms. The molecule has 1 saturated heterocycles. The summed E-state index contributed by atoms with van der Waals surface area (Å²) in [6.07, 6.45) is 0.755. The second kappa shape index (κ2) is 7.43. The van der Waals surface area contributed by atoms with Crippen LogP contribution in [0.3, 0.4) is 0 Å². The Morgan fingerprint density at radius 2 is 1.91 bits per heavy atom. The number of aliphatic hydroxyl groups excluding tert-OH is 1. The Kier molecular flexibility index (Phi) is 5.31. The van der Waals surface area contributed by atoms with Crippen LogP contribution in [0.4, 0.5) is 4.39 Å². The molecule has 1 aliphatic heterocycles. The second-order valence-electron chi connectivity index (χ2n) is 6.23.